The molecule has 0 unspecified atom stereocenters. The van der Waals surface area contributed by atoms with E-state index in [-0.39, 0.29) is 18.0 Å². The molecule has 0 aromatic heterocycles. The number of hydrazone groups is 1. The van der Waals surface area contributed by atoms with Gasteiger partial charge >= 0.3 is 5.69 Å². The Bertz CT molecular complexity index is 785. The first kappa shape index (κ1) is 18.1. The number of amides is 1. The van der Waals surface area contributed by atoms with Crippen LogP contribution in [0.4, 0.5) is 5.69 Å². The molecule has 0 heterocycles. The van der Waals surface area contributed by atoms with Gasteiger partial charge in [-0.2, -0.15) is 5.10 Å². The van der Waals surface area contributed by atoms with Crippen LogP contribution in [0.15, 0.2) is 53.6 Å². The van der Waals surface area contributed by atoms with Crippen molar-refractivity contribution in [2.75, 3.05) is 6.61 Å². The Balaban J connectivity index is 1.92. The normalized spacial score (nSPS) is 11.0. The van der Waals surface area contributed by atoms with E-state index in [0.717, 1.165) is 12.0 Å². The molecule has 7 nitrogen and oxygen atoms in total. The summed E-state index contributed by atoms with van der Waals surface area (Å²) < 4.78 is 5.21. The van der Waals surface area contributed by atoms with Gasteiger partial charge in [0.25, 0.3) is 5.91 Å². The zero-order valence-corrected chi connectivity index (χ0v) is 14.1. The highest BCUT2D eigenvalue weighted by molar-refractivity contribution is 5.99. The SMILES string of the molecule is CCc1ccc(/C(C)=N/NC(=O)COc2ccccc2[N+](=O)[O-])cc1. The van der Waals surface area contributed by atoms with Crippen LogP contribution in [0.5, 0.6) is 5.75 Å². The molecule has 0 fully saturated rings. The molecule has 0 aliphatic carbocycles. The fourth-order valence-electron chi connectivity index (χ4n) is 2.10. The molecule has 0 aliphatic rings. The molecule has 0 bridgehead atoms. The first-order valence-corrected chi connectivity index (χ1v) is 7.80. The fourth-order valence-corrected chi connectivity index (χ4v) is 2.10. The number of hydrogen-bond donors (Lipinski definition) is 1. The van der Waals surface area contributed by atoms with Gasteiger partial charge in [0.1, 0.15) is 0 Å². The first-order chi connectivity index (χ1) is 12.0. The summed E-state index contributed by atoms with van der Waals surface area (Å²) in [5.41, 5.74) is 4.97. The molecule has 0 aliphatic heterocycles. The van der Waals surface area contributed by atoms with Crippen LogP contribution in [-0.4, -0.2) is 23.1 Å². The smallest absolute Gasteiger partial charge is 0.310 e. The summed E-state index contributed by atoms with van der Waals surface area (Å²) in [5, 5.41) is 14.9. The number of nitrogens with one attached hydrogen (secondary N) is 1. The summed E-state index contributed by atoms with van der Waals surface area (Å²) in [4.78, 5) is 22.1. The molecule has 130 valence electrons. The summed E-state index contributed by atoms with van der Waals surface area (Å²) in [6.07, 6.45) is 0.955. The lowest BCUT2D eigenvalue weighted by atomic mass is 10.1. The molecule has 2 rings (SSSR count). The summed E-state index contributed by atoms with van der Waals surface area (Å²) in [7, 11) is 0. The van der Waals surface area contributed by atoms with Crippen LogP contribution in [0.3, 0.4) is 0 Å². The van der Waals surface area contributed by atoms with Gasteiger partial charge in [0.15, 0.2) is 12.4 Å². The summed E-state index contributed by atoms with van der Waals surface area (Å²) >= 11 is 0. The maximum absolute atomic E-state index is 11.8. The lowest BCUT2D eigenvalue weighted by molar-refractivity contribution is -0.385. The van der Waals surface area contributed by atoms with Crippen LogP contribution >= 0.6 is 0 Å². The van der Waals surface area contributed by atoms with Crippen LogP contribution < -0.4 is 10.2 Å². The predicted molar refractivity (Wildman–Crippen MR) is 94.8 cm³/mol. The minimum Gasteiger partial charge on any atom is -0.477 e. The Hall–Kier alpha value is -3.22. The van der Waals surface area contributed by atoms with E-state index in [9.17, 15) is 14.9 Å². The molecule has 0 spiro atoms. The lowest BCUT2D eigenvalue weighted by Crippen LogP contribution is -2.25. The van der Waals surface area contributed by atoms with E-state index in [1.54, 1.807) is 13.0 Å². The second-order valence-electron chi connectivity index (χ2n) is 5.30. The van der Waals surface area contributed by atoms with Crippen LogP contribution in [0.2, 0.25) is 0 Å². The van der Waals surface area contributed by atoms with Gasteiger partial charge in [-0.15, -0.1) is 0 Å². The van der Waals surface area contributed by atoms with Crippen molar-refractivity contribution in [3.05, 3.63) is 69.8 Å². The third kappa shape index (κ3) is 5.13. The van der Waals surface area contributed by atoms with E-state index >= 15 is 0 Å². The topological polar surface area (TPSA) is 93.8 Å². The molecule has 1 N–H and O–H groups in total. The number of rotatable bonds is 7. The Kier molecular flexibility index (Phi) is 6.22. The van der Waals surface area contributed by atoms with Crippen molar-refractivity contribution in [1.82, 2.24) is 5.43 Å². The van der Waals surface area contributed by atoms with E-state index in [4.69, 9.17) is 4.74 Å². The third-order valence-corrected chi connectivity index (χ3v) is 3.55. The molecular formula is C18H19N3O4. The van der Waals surface area contributed by atoms with Gasteiger partial charge < -0.3 is 4.74 Å². The maximum Gasteiger partial charge on any atom is 0.310 e. The molecule has 0 atom stereocenters. The number of carbonyl (C=O) groups is 1. The molecule has 0 radical (unpaired) electrons. The monoisotopic (exact) mass is 341 g/mol. The van der Waals surface area contributed by atoms with Crippen molar-refractivity contribution in [1.29, 1.82) is 0 Å². The second kappa shape index (κ2) is 8.58. The fraction of sp³-hybridized carbons (Fsp3) is 0.222. The minimum atomic E-state index is -0.560. The van der Waals surface area contributed by atoms with Gasteiger partial charge in [-0.05, 0) is 30.5 Å². The maximum atomic E-state index is 11.8. The Morgan fingerprint density at radius 3 is 2.52 bits per heavy atom. The van der Waals surface area contributed by atoms with E-state index in [1.165, 1.54) is 23.8 Å². The van der Waals surface area contributed by atoms with E-state index < -0.39 is 10.8 Å². The van der Waals surface area contributed by atoms with Crippen molar-refractivity contribution in [2.24, 2.45) is 5.10 Å². The lowest BCUT2D eigenvalue weighted by Gasteiger charge is -2.06. The van der Waals surface area contributed by atoms with Crippen molar-refractivity contribution >= 4 is 17.3 Å². The molecule has 1 amide bonds. The largest absolute Gasteiger partial charge is 0.477 e. The Labute approximate surface area is 145 Å². The molecule has 2 aromatic carbocycles. The van der Waals surface area contributed by atoms with Crippen molar-refractivity contribution in [2.45, 2.75) is 20.3 Å². The van der Waals surface area contributed by atoms with Crippen molar-refractivity contribution in [3.8, 4) is 5.75 Å². The number of carbonyl (C=O) groups excluding carboxylic acids is 1. The number of aryl methyl sites for hydroxylation is 1. The summed E-state index contributed by atoms with van der Waals surface area (Å²) in [6.45, 7) is 3.49. The van der Waals surface area contributed by atoms with E-state index in [2.05, 4.69) is 17.5 Å². The Morgan fingerprint density at radius 1 is 1.20 bits per heavy atom. The quantitative estimate of drug-likeness (QED) is 0.476. The highest BCUT2D eigenvalue weighted by atomic mass is 16.6. The van der Waals surface area contributed by atoms with Crippen LogP contribution in [0.25, 0.3) is 0 Å². The molecule has 2 aromatic rings. The third-order valence-electron chi connectivity index (χ3n) is 3.55. The average molecular weight is 341 g/mol. The van der Waals surface area contributed by atoms with Gasteiger partial charge in [-0.25, -0.2) is 5.43 Å². The summed E-state index contributed by atoms with van der Waals surface area (Å²) in [6, 6.07) is 13.8. The number of hydrogen-bond acceptors (Lipinski definition) is 5. The summed E-state index contributed by atoms with van der Waals surface area (Å²) in [5.74, 6) is -0.457. The molecular weight excluding hydrogens is 322 g/mol. The second-order valence-corrected chi connectivity index (χ2v) is 5.30. The van der Waals surface area contributed by atoms with Crippen molar-refractivity contribution < 1.29 is 14.5 Å². The van der Waals surface area contributed by atoms with Crippen LogP contribution in [0.1, 0.15) is 25.0 Å². The number of para-hydroxylation sites is 2. The zero-order valence-electron chi connectivity index (χ0n) is 14.1. The predicted octanol–water partition coefficient (Wildman–Crippen LogP) is 3.08. The number of benzene rings is 2. The molecule has 0 saturated carbocycles. The van der Waals surface area contributed by atoms with E-state index in [0.29, 0.717) is 5.71 Å². The molecule has 0 saturated heterocycles. The number of nitro groups is 1. The van der Waals surface area contributed by atoms with Gasteiger partial charge in [-0.3, -0.25) is 14.9 Å². The highest BCUT2D eigenvalue weighted by Crippen LogP contribution is 2.25. The van der Waals surface area contributed by atoms with Crippen molar-refractivity contribution in [3.63, 3.8) is 0 Å². The highest BCUT2D eigenvalue weighted by Gasteiger charge is 2.14. The number of nitro benzene ring substituents is 1. The minimum absolute atomic E-state index is 0.0403. The first-order valence-electron chi connectivity index (χ1n) is 7.80. The standard InChI is InChI=1S/C18H19N3O4/c1-3-14-8-10-15(11-9-14)13(2)19-20-18(22)12-25-17-7-5-4-6-16(17)21(23)24/h4-11H,3,12H2,1-2H3,(H,20,22)/b19-13+. The van der Waals surface area contributed by atoms with Gasteiger partial charge in [0.05, 0.1) is 10.6 Å². The number of ether oxygens (including phenoxy) is 1. The average Bonchev–Trinajstić information content (AvgIpc) is 2.64. The molecule has 7 heteroatoms. The zero-order chi connectivity index (χ0) is 18.2. The molecule has 25 heavy (non-hydrogen) atoms. The van der Waals surface area contributed by atoms with E-state index in [1.807, 2.05) is 24.3 Å². The van der Waals surface area contributed by atoms with Crippen LogP contribution in [0, 0.1) is 10.1 Å². The van der Waals surface area contributed by atoms with Gasteiger partial charge in [0.2, 0.25) is 0 Å². The number of nitrogens with zero attached hydrogens (tertiary/aromatic N) is 2. The Morgan fingerprint density at radius 2 is 1.88 bits per heavy atom. The van der Waals surface area contributed by atoms with Crippen LogP contribution in [-0.2, 0) is 11.2 Å². The van der Waals surface area contributed by atoms with Gasteiger partial charge in [0, 0.05) is 6.07 Å². The van der Waals surface area contributed by atoms with Gasteiger partial charge in [-0.1, -0.05) is 43.3 Å².